The van der Waals surface area contributed by atoms with Crippen molar-refractivity contribution in [2.75, 3.05) is 20.1 Å². The minimum Gasteiger partial charge on any atom is -0.461 e. The average Bonchev–Trinajstić information content (AvgIpc) is 3.30. The summed E-state index contributed by atoms with van der Waals surface area (Å²) in [6, 6.07) is 7.93. The predicted octanol–water partition coefficient (Wildman–Crippen LogP) is 3.50. The summed E-state index contributed by atoms with van der Waals surface area (Å²) in [5.74, 6) is 1.83. The summed E-state index contributed by atoms with van der Waals surface area (Å²) >= 11 is 0. The number of carbonyl (C=O) groups is 1. The SMILES string of the molecule is Cc1cc2cc(C(=O)N3CCc4nc(C5CCCN5C)ncc4C3)ccc2o1. The topological polar surface area (TPSA) is 62.5 Å². The van der Waals surface area contributed by atoms with Gasteiger partial charge in [0.25, 0.3) is 5.91 Å². The smallest absolute Gasteiger partial charge is 0.254 e. The van der Waals surface area contributed by atoms with Gasteiger partial charge in [0.05, 0.1) is 11.7 Å². The Hall–Kier alpha value is -2.73. The second kappa shape index (κ2) is 6.71. The van der Waals surface area contributed by atoms with Gasteiger partial charge in [0, 0.05) is 42.2 Å². The second-order valence-electron chi connectivity index (χ2n) is 7.93. The van der Waals surface area contributed by atoms with Crippen molar-refractivity contribution in [3.05, 3.63) is 58.9 Å². The molecule has 0 aliphatic carbocycles. The number of aromatic nitrogens is 2. The molecule has 2 aliphatic rings. The van der Waals surface area contributed by atoms with Gasteiger partial charge in [-0.2, -0.15) is 0 Å². The van der Waals surface area contributed by atoms with Crippen molar-refractivity contribution in [3.63, 3.8) is 0 Å². The highest BCUT2D eigenvalue weighted by atomic mass is 16.3. The molecule has 0 spiro atoms. The zero-order valence-electron chi connectivity index (χ0n) is 16.3. The molecular formula is C22H24N4O2. The molecule has 4 heterocycles. The van der Waals surface area contributed by atoms with E-state index in [1.54, 1.807) is 0 Å². The zero-order chi connectivity index (χ0) is 19.3. The predicted molar refractivity (Wildman–Crippen MR) is 106 cm³/mol. The Morgan fingerprint density at radius 2 is 2.14 bits per heavy atom. The van der Waals surface area contributed by atoms with Crippen molar-refractivity contribution in [1.29, 1.82) is 0 Å². The number of aryl methyl sites for hydroxylation is 1. The van der Waals surface area contributed by atoms with Crippen LogP contribution in [0.1, 0.15) is 52.1 Å². The fourth-order valence-corrected chi connectivity index (χ4v) is 4.39. The van der Waals surface area contributed by atoms with E-state index in [-0.39, 0.29) is 5.91 Å². The standard InChI is InChI=1S/C22H24N4O2/c1-14-10-16-11-15(5-6-20(16)28-14)22(27)26-9-7-18-17(13-26)12-23-21(24-18)19-4-3-8-25(19)2/h5-6,10-12,19H,3-4,7-9,13H2,1-2H3. The van der Waals surface area contributed by atoms with Crippen molar-refractivity contribution in [2.24, 2.45) is 0 Å². The molecule has 0 N–H and O–H groups in total. The number of carbonyl (C=O) groups excluding carboxylic acids is 1. The lowest BCUT2D eigenvalue weighted by Crippen LogP contribution is -2.36. The minimum absolute atomic E-state index is 0.0472. The van der Waals surface area contributed by atoms with Crippen molar-refractivity contribution >= 4 is 16.9 Å². The minimum atomic E-state index is 0.0472. The number of amides is 1. The van der Waals surface area contributed by atoms with Gasteiger partial charge in [0.2, 0.25) is 0 Å². The summed E-state index contributed by atoms with van der Waals surface area (Å²) in [6.45, 7) is 4.28. The number of fused-ring (bicyclic) bond motifs is 2. The molecule has 1 unspecified atom stereocenters. The zero-order valence-corrected chi connectivity index (χ0v) is 16.3. The third-order valence-electron chi connectivity index (χ3n) is 5.94. The Bertz CT molecular complexity index is 1060. The molecule has 0 saturated carbocycles. The van der Waals surface area contributed by atoms with Gasteiger partial charge in [-0.05, 0) is 57.6 Å². The van der Waals surface area contributed by atoms with Crippen LogP contribution in [0.5, 0.6) is 0 Å². The van der Waals surface area contributed by atoms with Gasteiger partial charge in [-0.1, -0.05) is 0 Å². The van der Waals surface area contributed by atoms with Crippen LogP contribution in [0.2, 0.25) is 0 Å². The molecule has 3 aromatic rings. The van der Waals surface area contributed by atoms with Gasteiger partial charge >= 0.3 is 0 Å². The van der Waals surface area contributed by atoms with Crippen LogP contribution in [-0.2, 0) is 13.0 Å². The molecule has 1 saturated heterocycles. The van der Waals surface area contributed by atoms with Crippen molar-refractivity contribution in [3.8, 4) is 0 Å². The van der Waals surface area contributed by atoms with Gasteiger partial charge in [0.15, 0.2) is 0 Å². The van der Waals surface area contributed by atoms with Crippen LogP contribution in [0.4, 0.5) is 0 Å². The van der Waals surface area contributed by atoms with E-state index in [0.717, 1.165) is 53.2 Å². The van der Waals surface area contributed by atoms with Crippen LogP contribution in [0.25, 0.3) is 11.0 Å². The Balaban J connectivity index is 1.36. The van der Waals surface area contributed by atoms with Crippen molar-refractivity contribution in [1.82, 2.24) is 19.8 Å². The normalized spacial score (nSPS) is 19.9. The average molecular weight is 376 g/mol. The van der Waals surface area contributed by atoms with E-state index in [1.807, 2.05) is 42.3 Å². The summed E-state index contributed by atoms with van der Waals surface area (Å²) in [4.78, 5) is 26.7. The molecular weight excluding hydrogens is 352 g/mol. The highest BCUT2D eigenvalue weighted by Crippen LogP contribution is 2.29. The summed E-state index contributed by atoms with van der Waals surface area (Å²) in [5.41, 5.74) is 3.66. The van der Waals surface area contributed by atoms with E-state index in [2.05, 4.69) is 16.9 Å². The highest BCUT2D eigenvalue weighted by Gasteiger charge is 2.28. The maximum Gasteiger partial charge on any atom is 0.254 e. The van der Waals surface area contributed by atoms with Crippen molar-refractivity contribution < 1.29 is 9.21 Å². The van der Waals surface area contributed by atoms with Gasteiger partial charge in [-0.15, -0.1) is 0 Å². The monoisotopic (exact) mass is 376 g/mol. The van der Waals surface area contributed by atoms with Crippen molar-refractivity contribution in [2.45, 2.75) is 38.8 Å². The quantitative estimate of drug-likeness (QED) is 0.685. The Morgan fingerprint density at radius 1 is 1.25 bits per heavy atom. The summed E-state index contributed by atoms with van der Waals surface area (Å²) in [6.07, 6.45) is 5.02. The first-order valence-electron chi connectivity index (χ1n) is 9.93. The molecule has 2 aliphatic heterocycles. The number of likely N-dealkylation sites (tertiary alicyclic amines) is 1. The lowest BCUT2D eigenvalue weighted by atomic mass is 10.0. The lowest BCUT2D eigenvalue weighted by molar-refractivity contribution is 0.0733. The number of hydrogen-bond acceptors (Lipinski definition) is 5. The molecule has 2 aromatic heterocycles. The molecule has 1 atom stereocenters. The molecule has 1 amide bonds. The van der Waals surface area contributed by atoms with Crippen LogP contribution < -0.4 is 0 Å². The Kier molecular flexibility index (Phi) is 4.16. The molecule has 0 radical (unpaired) electrons. The molecule has 1 fully saturated rings. The van der Waals surface area contributed by atoms with Crippen LogP contribution in [-0.4, -0.2) is 45.8 Å². The molecule has 28 heavy (non-hydrogen) atoms. The highest BCUT2D eigenvalue weighted by molar-refractivity contribution is 5.98. The summed E-state index contributed by atoms with van der Waals surface area (Å²) < 4.78 is 5.61. The van der Waals surface area contributed by atoms with Gasteiger partial charge in [-0.3, -0.25) is 9.69 Å². The number of benzene rings is 1. The lowest BCUT2D eigenvalue weighted by Gasteiger charge is -2.29. The second-order valence-corrected chi connectivity index (χ2v) is 7.93. The molecule has 1 aromatic carbocycles. The van der Waals surface area contributed by atoms with E-state index in [0.29, 0.717) is 24.7 Å². The third-order valence-corrected chi connectivity index (χ3v) is 5.94. The first kappa shape index (κ1) is 17.4. The molecule has 144 valence electrons. The number of nitrogens with zero attached hydrogens (tertiary/aromatic N) is 4. The van der Waals surface area contributed by atoms with E-state index < -0.39 is 0 Å². The molecule has 0 bridgehead atoms. The van der Waals surface area contributed by atoms with Crippen LogP contribution in [0.15, 0.2) is 34.9 Å². The maximum atomic E-state index is 13.0. The van der Waals surface area contributed by atoms with Crippen LogP contribution in [0.3, 0.4) is 0 Å². The van der Waals surface area contributed by atoms with Gasteiger partial charge in [0.1, 0.15) is 17.2 Å². The molecule has 6 nitrogen and oxygen atoms in total. The van der Waals surface area contributed by atoms with E-state index >= 15 is 0 Å². The van der Waals surface area contributed by atoms with Gasteiger partial charge in [-0.25, -0.2) is 9.97 Å². The summed E-state index contributed by atoms with van der Waals surface area (Å²) in [5, 5.41) is 0.967. The van der Waals surface area contributed by atoms with Crippen LogP contribution >= 0.6 is 0 Å². The Labute approximate surface area is 164 Å². The van der Waals surface area contributed by atoms with E-state index in [9.17, 15) is 4.79 Å². The van der Waals surface area contributed by atoms with E-state index in [4.69, 9.17) is 9.40 Å². The molecule has 5 rings (SSSR count). The number of hydrogen-bond donors (Lipinski definition) is 0. The van der Waals surface area contributed by atoms with Crippen LogP contribution in [0, 0.1) is 6.92 Å². The fourth-order valence-electron chi connectivity index (χ4n) is 4.39. The number of furan rings is 1. The maximum absolute atomic E-state index is 13.0. The first-order chi connectivity index (χ1) is 13.6. The van der Waals surface area contributed by atoms with Gasteiger partial charge < -0.3 is 9.32 Å². The largest absolute Gasteiger partial charge is 0.461 e. The fraction of sp³-hybridized carbons (Fsp3) is 0.409. The first-order valence-corrected chi connectivity index (χ1v) is 9.93. The number of rotatable bonds is 2. The summed E-state index contributed by atoms with van der Waals surface area (Å²) in [7, 11) is 2.14. The third kappa shape index (κ3) is 2.98. The van der Waals surface area contributed by atoms with E-state index in [1.165, 1.54) is 6.42 Å². The Morgan fingerprint density at radius 3 is 2.96 bits per heavy atom. The molecule has 6 heteroatoms.